The quantitative estimate of drug-likeness (QED) is 0.634. The van der Waals surface area contributed by atoms with Gasteiger partial charge in [0.15, 0.2) is 0 Å². The van der Waals surface area contributed by atoms with Crippen LogP contribution in [0.5, 0.6) is 11.5 Å². The molecule has 0 saturated carbocycles. The molecule has 5 nitrogen and oxygen atoms in total. The van der Waals surface area contributed by atoms with Crippen molar-refractivity contribution in [1.82, 2.24) is 0 Å². The lowest BCUT2D eigenvalue weighted by Crippen LogP contribution is -2.17. The van der Waals surface area contributed by atoms with E-state index in [1.54, 1.807) is 6.07 Å². The van der Waals surface area contributed by atoms with Crippen molar-refractivity contribution in [2.24, 2.45) is 0 Å². The van der Waals surface area contributed by atoms with E-state index in [4.69, 9.17) is 9.84 Å². The van der Waals surface area contributed by atoms with Crippen LogP contribution < -0.4 is 4.74 Å². The summed E-state index contributed by atoms with van der Waals surface area (Å²) in [5.74, 6) is -2.74. The molecule has 1 aromatic carbocycles. The highest BCUT2D eigenvalue weighted by Crippen LogP contribution is 2.36. The maximum atomic E-state index is 11.5. The van der Waals surface area contributed by atoms with Gasteiger partial charge in [0, 0.05) is 5.56 Å². The predicted octanol–water partition coefficient (Wildman–Crippen LogP) is 1.97. The number of hydrogen-bond acceptors (Lipinski definition) is 4. The summed E-state index contributed by atoms with van der Waals surface area (Å²) in [5.41, 5.74) is -0.232. The van der Waals surface area contributed by atoms with Crippen molar-refractivity contribution in [2.45, 2.75) is 26.2 Å². The zero-order valence-corrected chi connectivity index (χ0v) is 10.8. The number of phenols is 1. The molecule has 0 heterocycles. The third-order valence-electron chi connectivity index (χ3n) is 2.57. The number of benzene rings is 1. The first-order valence-electron chi connectivity index (χ1n) is 5.37. The van der Waals surface area contributed by atoms with E-state index in [0.29, 0.717) is 11.3 Å². The molecule has 0 unspecified atom stereocenters. The molecule has 0 aromatic heterocycles. The summed E-state index contributed by atoms with van der Waals surface area (Å²) in [5, 5.41) is 18.7. The van der Waals surface area contributed by atoms with Gasteiger partial charge in [0.1, 0.15) is 11.5 Å². The van der Waals surface area contributed by atoms with E-state index >= 15 is 0 Å². The van der Waals surface area contributed by atoms with Crippen LogP contribution in [-0.4, -0.2) is 29.1 Å². The highest BCUT2D eigenvalue weighted by atomic mass is 16.5. The molecule has 5 heteroatoms. The number of ether oxygens (including phenoxy) is 1. The van der Waals surface area contributed by atoms with E-state index in [0.717, 1.165) is 0 Å². The Balaban J connectivity index is 3.53. The standard InChI is InChI=1S/C13H16O5/c1-13(2,3)9-6-7(18-4)5-8(10(9)14)11(15)12(16)17/h5-6,14H,1-4H3,(H,16,17). The minimum absolute atomic E-state index is 0.258. The number of ketones is 1. The van der Waals surface area contributed by atoms with E-state index < -0.39 is 17.2 Å². The van der Waals surface area contributed by atoms with Gasteiger partial charge in [-0.2, -0.15) is 0 Å². The van der Waals surface area contributed by atoms with Gasteiger partial charge in [-0.15, -0.1) is 0 Å². The van der Waals surface area contributed by atoms with Gasteiger partial charge in [-0.1, -0.05) is 20.8 Å². The SMILES string of the molecule is COc1cc(C(=O)C(=O)O)c(O)c(C(C)(C)C)c1. The molecule has 0 atom stereocenters. The van der Waals surface area contributed by atoms with Crippen LogP contribution in [0.15, 0.2) is 12.1 Å². The topological polar surface area (TPSA) is 83.8 Å². The van der Waals surface area contributed by atoms with Crippen molar-refractivity contribution in [3.05, 3.63) is 23.3 Å². The van der Waals surface area contributed by atoms with Crippen LogP contribution >= 0.6 is 0 Å². The molecule has 0 radical (unpaired) electrons. The van der Waals surface area contributed by atoms with Gasteiger partial charge in [-0.25, -0.2) is 4.79 Å². The van der Waals surface area contributed by atoms with Crippen LogP contribution in [0.3, 0.4) is 0 Å². The molecule has 0 saturated heterocycles. The maximum absolute atomic E-state index is 11.5. The van der Waals surface area contributed by atoms with Crippen molar-refractivity contribution < 1.29 is 24.5 Å². The van der Waals surface area contributed by atoms with E-state index in [2.05, 4.69) is 0 Å². The Hall–Kier alpha value is -2.04. The van der Waals surface area contributed by atoms with Gasteiger partial charge in [0.05, 0.1) is 12.7 Å². The Bertz CT molecular complexity index is 497. The zero-order valence-electron chi connectivity index (χ0n) is 10.8. The summed E-state index contributed by atoms with van der Waals surface area (Å²) in [4.78, 5) is 22.2. The number of carbonyl (C=O) groups is 2. The van der Waals surface area contributed by atoms with E-state index in [1.807, 2.05) is 20.8 Å². The average molecular weight is 252 g/mol. The fourth-order valence-corrected chi connectivity index (χ4v) is 1.59. The summed E-state index contributed by atoms with van der Waals surface area (Å²) in [6.45, 7) is 5.53. The van der Waals surface area contributed by atoms with Crippen LogP contribution in [0.25, 0.3) is 0 Å². The number of phenolic OH excluding ortho intramolecular Hbond substituents is 1. The molecule has 2 N–H and O–H groups in total. The highest BCUT2D eigenvalue weighted by molar-refractivity contribution is 6.40. The number of rotatable bonds is 3. The van der Waals surface area contributed by atoms with E-state index in [1.165, 1.54) is 13.2 Å². The minimum atomic E-state index is -1.61. The van der Waals surface area contributed by atoms with Crippen molar-refractivity contribution in [2.75, 3.05) is 7.11 Å². The molecule has 0 aliphatic rings. The molecule has 1 rings (SSSR count). The zero-order chi connectivity index (χ0) is 14.1. The summed E-state index contributed by atoms with van der Waals surface area (Å²) in [7, 11) is 1.41. The smallest absolute Gasteiger partial charge is 0.377 e. The lowest BCUT2D eigenvalue weighted by Gasteiger charge is -2.22. The first kappa shape index (κ1) is 14.0. The van der Waals surface area contributed by atoms with Crippen molar-refractivity contribution >= 4 is 11.8 Å². The van der Waals surface area contributed by atoms with Gasteiger partial charge < -0.3 is 14.9 Å². The Labute approximate surface area is 105 Å². The van der Waals surface area contributed by atoms with Gasteiger partial charge in [-0.3, -0.25) is 4.79 Å². The molecule has 0 amide bonds. The van der Waals surface area contributed by atoms with Gasteiger partial charge in [0.2, 0.25) is 0 Å². The van der Waals surface area contributed by atoms with Gasteiger partial charge in [-0.05, 0) is 17.5 Å². The van der Waals surface area contributed by atoms with Crippen LogP contribution in [0, 0.1) is 0 Å². The maximum Gasteiger partial charge on any atom is 0.377 e. The molecule has 0 bridgehead atoms. The fraction of sp³-hybridized carbons (Fsp3) is 0.385. The number of methoxy groups -OCH3 is 1. The monoisotopic (exact) mass is 252 g/mol. The second-order valence-electron chi connectivity index (χ2n) is 4.96. The van der Waals surface area contributed by atoms with Crippen molar-refractivity contribution in [1.29, 1.82) is 0 Å². The minimum Gasteiger partial charge on any atom is -0.507 e. The fourth-order valence-electron chi connectivity index (χ4n) is 1.59. The van der Waals surface area contributed by atoms with Crippen LogP contribution in [-0.2, 0) is 10.2 Å². The number of aromatic hydroxyl groups is 1. The van der Waals surface area contributed by atoms with Crippen LogP contribution in [0.2, 0.25) is 0 Å². The number of carboxylic acid groups (broad SMARTS) is 1. The van der Waals surface area contributed by atoms with Crippen molar-refractivity contribution in [3.8, 4) is 11.5 Å². The first-order chi connectivity index (χ1) is 8.18. The largest absolute Gasteiger partial charge is 0.507 e. The first-order valence-corrected chi connectivity index (χ1v) is 5.37. The second-order valence-corrected chi connectivity index (χ2v) is 4.96. The van der Waals surface area contributed by atoms with E-state index in [-0.39, 0.29) is 11.3 Å². The summed E-state index contributed by atoms with van der Waals surface area (Å²) < 4.78 is 5.02. The molecule has 0 aliphatic heterocycles. The molecule has 98 valence electrons. The Morgan fingerprint density at radius 1 is 1.22 bits per heavy atom. The number of aliphatic carboxylic acids is 1. The Kier molecular flexibility index (Phi) is 3.65. The lowest BCUT2D eigenvalue weighted by molar-refractivity contribution is -0.131. The number of carboxylic acids is 1. The molecule has 0 spiro atoms. The Morgan fingerprint density at radius 2 is 1.78 bits per heavy atom. The molecule has 0 aliphatic carbocycles. The molecular formula is C13H16O5. The molecule has 1 aromatic rings. The summed E-state index contributed by atoms with van der Waals surface area (Å²) in [6, 6.07) is 2.81. The molecule has 0 fully saturated rings. The third-order valence-corrected chi connectivity index (χ3v) is 2.57. The van der Waals surface area contributed by atoms with Crippen LogP contribution in [0.4, 0.5) is 0 Å². The summed E-state index contributed by atoms with van der Waals surface area (Å²) in [6.07, 6.45) is 0. The highest BCUT2D eigenvalue weighted by Gasteiger charge is 2.27. The normalized spacial score (nSPS) is 11.1. The number of carbonyl (C=O) groups excluding carboxylic acids is 1. The second kappa shape index (κ2) is 4.68. The van der Waals surface area contributed by atoms with Gasteiger partial charge in [0.25, 0.3) is 5.78 Å². The van der Waals surface area contributed by atoms with E-state index in [9.17, 15) is 14.7 Å². The Morgan fingerprint density at radius 3 is 2.17 bits per heavy atom. The predicted molar refractivity (Wildman–Crippen MR) is 65.3 cm³/mol. The average Bonchev–Trinajstić information content (AvgIpc) is 2.26. The summed E-state index contributed by atoms with van der Waals surface area (Å²) >= 11 is 0. The molecule has 18 heavy (non-hydrogen) atoms. The molecular weight excluding hydrogens is 236 g/mol. The van der Waals surface area contributed by atoms with Crippen LogP contribution in [0.1, 0.15) is 36.7 Å². The number of Topliss-reactive ketones (excluding diaryl/α,β-unsaturated/α-hetero) is 1. The third kappa shape index (κ3) is 2.61. The van der Waals surface area contributed by atoms with Crippen molar-refractivity contribution in [3.63, 3.8) is 0 Å². The lowest BCUT2D eigenvalue weighted by atomic mass is 9.84. The number of hydrogen-bond donors (Lipinski definition) is 2. The van der Waals surface area contributed by atoms with Gasteiger partial charge >= 0.3 is 5.97 Å².